The maximum atomic E-state index is 13.0. The average Bonchev–Trinajstić information content (AvgIpc) is 3.24. The molecule has 30 heavy (non-hydrogen) atoms. The predicted octanol–water partition coefficient (Wildman–Crippen LogP) is 3.92. The predicted molar refractivity (Wildman–Crippen MR) is 111 cm³/mol. The van der Waals surface area contributed by atoms with Crippen molar-refractivity contribution in [3.05, 3.63) is 72.8 Å². The van der Waals surface area contributed by atoms with Crippen LogP contribution in [0.25, 0.3) is 22.9 Å². The number of phenolic OH excluding ortho intramolecular Hbond substituents is 1. The molecule has 2 N–H and O–H groups in total. The third-order valence-electron chi connectivity index (χ3n) is 4.24. The highest BCUT2D eigenvalue weighted by molar-refractivity contribution is 7.92. The third kappa shape index (κ3) is 3.96. The number of ether oxygens (including phenoxy) is 1. The van der Waals surface area contributed by atoms with Gasteiger partial charge in [0.25, 0.3) is 10.0 Å². The summed E-state index contributed by atoms with van der Waals surface area (Å²) in [6.45, 7) is 0. The molecule has 1 heterocycles. The van der Waals surface area contributed by atoms with E-state index >= 15 is 0 Å². The summed E-state index contributed by atoms with van der Waals surface area (Å²) in [7, 11) is -2.65. The molecule has 152 valence electrons. The summed E-state index contributed by atoms with van der Waals surface area (Å²) in [4.78, 5) is -0.106. The lowest BCUT2D eigenvalue weighted by molar-refractivity contribution is 0.403. The lowest BCUT2D eigenvalue weighted by Crippen LogP contribution is -2.14. The number of phenols is 1. The van der Waals surface area contributed by atoms with Gasteiger partial charge in [0, 0.05) is 17.2 Å². The molecule has 0 saturated heterocycles. The van der Waals surface area contributed by atoms with Crippen molar-refractivity contribution in [1.29, 1.82) is 0 Å². The zero-order chi connectivity index (χ0) is 21.1. The van der Waals surface area contributed by atoms with Crippen LogP contribution in [-0.4, -0.2) is 30.8 Å². The van der Waals surface area contributed by atoms with Crippen molar-refractivity contribution < 1.29 is 22.7 Å². The fraction of sp³-hybridized carbons (Fsp3) is 0.0476. The Morgan fingerprint density at radius 1 is 0.900 bits per heavy atom. The molecule has 0 amide bonds. The van der Waals surface area contributed by atoms with Crippen LogP contribution in [0.4, 0.5) is 5.69 Å². The molecule has 3 aromatic carbocycles. The maximum Gasteiger partial charge on any atom is 0.265 e. The number of sulfonamides is 1. The van der Waals surface area contributed by atoms with Gasteiger partial charge >= 0.3 is 0 Å². The minimum absolute atomic E-state index is 0.0600. The molecule has 9 heteroatoms. The van der Waals surface area contributed by atoms with Crippen molar-refractivity contribution >= 4 is 15.7 Å². The Morgan fingerprint density at radius 3 is 2.33 bits per heavy atom. The van der Waals surface area contributed by atoms with E-state index in [0.29, 0.717) is 11.5 Å². The van der Waals surface area contributed by atoms with Crippen molar-refractivity contribution in [2.24, 2.45) is 0 Å². The molecule has 8 nitrogen and oxygen atoms in total. The Labute approximate surface area is 172 Å². The Hall–Kier alpha value is -3.85. The van der Waals surface area contributed by atoms with Crippen LogP contribution >= 0.6 is 0 Å². The lowest BCUT2D eigenvalue weighted by Gasteiger charge is -2.12. The lowest BCUT2D eigenvalue weighted by atomic mass is 10.2. The highest BCUT2D eigenvalue weighted by Gasteiger charge is 2.22. The zero-order valence-corrected chi connectivity index (χ0v) is 16.6. The van der Waals surface area contributed by atoms with Crippen LogP contribution in [0.5, 0.6) is 11.5 Å². The van der Waals surface area contributed by atoms with Gasteiger partial charge in [0.2, 0.25) is 11.8 Å². The fourth-order valence-corrected chi connectivity index (χ4v) is 4.08. The first-order valence-electron chi connectivity index (χ1n) is 8.85. The smallest absolute Gasteiger partial charge is 0.265 e. The Kier molecular flexibility index (Phi) is 5.11. The van der Waals surface area contributed by atoms with Gasteiger partial charge in [-0.3, -0.25) is 4.72 Å². The van der Waals surface area contributed by atoms with Gasteiger partial charge in [0.15, 0.2) is 0 Å². The van der Waals surface area contributed by atoms with Gasteiger partial charge in [-0.25, -0.2) is 8.42 Å². The molecule has 1 aromatic heterocycles. The quantitative estimate of drug-likeness (QED) is 0.483. The van der Waals surface area contributed by atoms with Crippen molar-refractivity contribution in [2.75, 3.05) is 11.8 Å². The second-order valence-corrected chi connectivity index (χ2v) is 7.95. The van der Waals surface area contributed by atoms with Crippen LogP contribution in [0.3, 0.4) is 0 Å². The minimum atomic E-state index is -4.02. The number of aromatic hydroxyl groups is 1. The van der Waals surface area contributed by atoms with Crippen molar-refractivity contribution in [2.45, 2.75) is 4.90 Å². The highest BCUT2D eigenvalue weighted by Crippen LogP contribution is 2.32. The number of methoxy groups -OCH3 is 1. The zero-order valence-electron chi connectivity index (χ0n) is 15.8. The maximum absolute atomic E-state index is 13.0. The van der Waals surface area contributed by atoms with Gasteiger partial charge in [0.1, 0.15) is 16.4 Å². The summed E-state index contributed by atoms with van der Waals surface area (Å²) in [6, 6.07) is 19.6. The molecule has 0 aliphatic heterocycles. The first-order chi connectivity index (χ1) is 14.5. The number of rotatable bonds is 6. The van der Waals surface area contributed by atoms with Crippen LogP contribution in [-0.2, 0) is 10.0 Å². The van der Waals surface area contributed by atoms with E-state index in [1.807, 2.05) is 30.3 Å². The van der Waals surface area contributed by atoms with E-state index in [2.05, 4.69) is 14.9 Å². The summed E-state index contributed by atoms with van der Waals surface area (Å²) < 4.78 is 39.3. The standard InChI is InChI=1S/C21H17N3O5S/c1-28-18-11-10-15(21-23-22-20(29-21)14-6-3-2-4-7-14)12-19(18)30(26,27)24-16-8-5-9-17(25)13-16/h2-13,24-25H,1H3. The van der Waals surface area contributed by atoms with E-state index in [1.54, 1.807) is 6.07 Å². The molecular weight excluding hydrogens is 406 g/mol. The summed E-state index contributed by atoms with van der Waals surface area (Å²) in [5, 5.41) is 17.6. The summed E-state index contributed by atoms with van der Waals surface area (Å²) in [5.74, 6) is 0.582. The van der Waals surface area contributed by atoms with Crippen molar-refractivity contribution in [1.82, 2.24) is 10.2 Å². The number of anilines is 1. The van der Waals surface area contributed by atoms with Gasteiger partial charge in [-0.1, -0.05) is 24.3 Å². The summed E-state index contributed by atoms with van der Waals surface area (Å²) >= 11 is 0. The molecule has 0 fully saturated rings. The molecule has 0 unspecified atom stereocenters. The van der Waals surface area contributed by atoms with Crippen molar-refractivity contribution in [3.8, 4) is 34.4 Å². The molecule has 0 saturated carbocycles. The minimum Gasteiger partial charge on any atom is -0.508 e. The first-order valence-corrected chi connectivity index (χ1v) is 10.3. The van der Waals surface area contributed by atoms with Crippen molar-refractivity contribution in [3.63, 3.8) is 0 Å². The molecule has 0 aliphatic carbocycles. The van der Waals surface area contributed by atoms with E-state index in [1.165, 1.54) is 43.5 Å². The van der Waals surface area contributed by atoms with E-state index < -0.39 is 10.0 Å². The number of hydrogen-bond donors (Lipinski definition) is 2. The van der Waals surface area contributed by atoms with Gasteiger partial charge in [-0.05, 0) is 42.5 Å². The van der Waals surface area contributed by atoms with Crippen LogP contribution in [0.15, 0.2) is 82.1 Å². The topological polar surface area (TPSA) is 115 Å². The average molecular weight is 423 g/mol. The normalized spacial score (nSPS) is 11.2. The van der Waals surface area contributed by atoms with Gasteiger partial charge in [-0.2, -0.15) is 0 Å². The number of benzene rings is 3. The number of nitrogens with zero attached hydrogens (tertiary/aromatic N) is 2. The molecule has 0 spiro atoms. The largest absolute Gasteiger partial charge is 0.508 e. The SMILES string of the molecule is COc1ccc(-c2nnc(-c3ccccc3)o2)cc1S(=O)(=O)Nc1cccc(O)c1. The van der Waals surface area contributed by atoms with E-state index in [-0.39, 0.29) is 28.0 Å². The monoisotopic (exact) mass is 423 g/mol. The highest BCUT2D eigenvalue weighted by atomic mass is 32.2. The van der Waals surface area contributed by atoms with E-state index in [4.69, 9.17) is 9.15 Å². The first kappa shape index (κ1) is 19.5. The fourth-order valence-electron chi connectivity index (χ4n) is 2.84. The molecule has 4 rings (SSSR count). The van der Waals surface area contributed by atoms with Gasteiger partial charge in [-0.15, -0.1) is 10.2 Å². The number of aromatic nitrogens is 2. The molecule has 0 bridgehead atoms. The van der Waals surface area contributed by atoms with Crippen LogP contribution in [0.2, 0.25) is 0 Å². The second-order valence-electron chi connectivity index (χ2n) is 6.30. The molecule has 0 atom stereocenters. The Bertz CT molecular complexity index is 1290. The molecule has 0 radical (unpaired) electrons. The number of nitrogens with one attached hydrogen (secondary N) is 1. The van der Waals surface area contributed by atoms with Gasteiger partial charge < -0.3 is 14.3 Å². The molecule has 4 aromatic rings. The summed E-state index contributed by atoms with van der Waals surface area (Å²) in [6.07, 6.45) is 0. The van der Waals surface area contributed by atoms with Crippen LogP contribution < -0.4 is 9.46 Å². The van der Waals surface area contributed by atoms with E-state index in [9.17, 15) is 13.5 Å². The third-order valence-corrected chi connectivity index (χ3v) is 5.65. The van der Waals surface area contributed by atoms with Crippen LogP contribution in [0, 0.1) is 0 Å². The molecule has 0 aliphatic rings. The Morgan fingerprint density at radius 2 is 1.63 bits per heavy atom. The van der Waals surface area contributed by atoms with E-state index in [0.717, 1.165) is 5.56 Å². The Balaban J connectivity index is 1.71. The summed E-state index contributed by atoms with van der Waals surface area (Å²) in [5.41, 5.74) is 1.39. The second kappa shape index (κ2) is 7.88. The van der Waals surface area contributed by atoms with Gasteiger partial charge in [0.05, 0.1) is 12.8 Å². The molecular formula is C21H17N3O5S. The number of hydrogen-bond acceptors (Lipinski definition) is 7. The van der Waals surface area contributed by atoms with Crippen LogP contribution in [0.1, 0.15) is 0 Å².